The second-order valence-electron chi connectivity index (χ2n) is 7.16. The summed E-state index contributed by atoms with van der Waals surface area (Å²) in [4.78, 5) is 5.57. The van der Waals surface area contributed by atoms with Crippen LogP contribution in [-0.2, 0) is 0 Å². The molecule has 2 unspecified atom stereocenters. The molecule has 0 aromatic heterocycles. The van der Waals surface area contributed by atoms with E-state index >= 15 is 0 Å². The molecule has 1 aliphatic heterocycles. The molecule has 3 heteroatoms. The molecule has 3 aliphatic rings. The van der Waals surface area contributed by atoms with Crippen molar-refractivity contribution in [3.63, 3.8) is 0 Å². The zero-order chi connectivity index (χ0) is 13.5. The van der Waals surface area contributed by atoms with Crippen molar-refractivity contribution in [3.05, 3.63) is 0 Å². The number of hydrogen-bond acceptors (Lipinski definition) is 3. The number of hydrogen-bond donors (Lipinski definition) is 1. The molecule has 0 spiro atoms. The topological polar surface area (TPSA) is 32.5 Å². The standard InChI is InChI=1S/C16H31N3/c1-3-4-9-19(15-7-8-15)16(11-17)10-13(2)18(12-16)14-5-6-14/h13-15H,3-12,17H2,1-2H3. The Morgan fingerprint density at radius 2 is 2.00 bits per heavy atom. The van der Waals surface area contributed by atoms with Crippen molar-refractivity contribution in [1.82, 2.24) is 9.80 Å². The minimum Gasteiger partial charge on any atom is -0.329 e. The van der Waals surface area contributed by atoms with Crippen LogP contribution in [0.5, 0.6) is 0 Å². The second-order valence-corrected chi connectivity index (χ2v) is 7.16. The maximum absolute atomic E-state index is 6.28. The first-order valence-corrected chi connectivity index (χ1v) is 8.43. The monoisotopic (exact) mass is 265 g/mol. The zero-order valence-electron chi connectivity index (χ0n) is 12.8. The van der Waals surface area contributed by atoms with Gasteiger partial charge in [0.2, 0.25) is 0 Å². The number of unbranched alkanes of at least 4 members (excludes halogenated alkanes) is 1. The number of nitrogens with zero attached hydrogens (tertiary/aromatic N) is 2. The van der Waals surface area contributed by atoms with Crippen LogP contribution in [0.1, 0.15) is 58.8 Å². The average molecular weight is 265 g/mol. The van der Waals surface area contributed by atoms with Crippen LogP contribution in [0, 0.1) is 0 Å². The Labute approximate surface area is 118 Å². The molecule has 0 amide bonds. The Balaban J connectivity index is 1.73. The molecular weight excluding hydrogens is 234 g/mol. The summed E-state index contributed by atoms with van der Waals surface area (Å²) in [6.07, 6.45) is 9.57. The molecule has 0 aromatic carbocycles. The van der Waals surface area contributed by atoms with Crippen LogP contribution in [0.25, 0.3) is 0 Å². The van der Waals surface area contributed by atoms with Gasteiger partial charge in [-0.05, 0) is 52.0 Å². The second kappa shape index (κ2) is 5.34. The highest BCUT2D eigenvalue weighted by atomic mass is 15.4. The van der Waals surface area contributed by atoms with E-state index in [4.69, 9.17) is 5.73 Å². The first-order chi connectivity index (χ1) is 9.20. The molecule has 2 aliphatic carbocycles. The van der Waals surface area contributed by atoms with E-state index in [0.717, 1.165) is 24.7 Å². The van der Waals surface area contributed by atoms with Crippen molar-refractivity contribution >= 4 is 0 Å². The summed E-state index contributed by atoms with van der Waals surface area (Å²) < 4.78 is 0. The van der Waals surface area contributed by atoms with Gasteiger partial charge in [-0.3, -0.25) is 9.80 Å². The third-order valence-corrected chi connectivity index (χ3v) is 5.46. The Hall–Kier alpha value is -0.120. The van der Waals surface area contributed by atoms with E-state index in [1.54, 1.807) is 0 Å². The molecule has 2 N–H and O–H groups in total. The van der Waals surface area contributed by atoms with Gasteiger partial charge >= 0.3 is 0 Å². The SMILES string of the molecule is CCCCN(C1CC1)C1(CN)CC(C)N(C2CC2)C1. The maximum Gasteiger partial charge on any atom is 0.0476 e. The van der Waals surface area contributed by atoms with Crippen LogP contribution in [0.4, 0.5) is 0 Å². The van der Waals surface area contributed by atoms with E-state index in [1.165, 1.54) is 58.0 Å². The third-order valence-electron chi connectivity index (χ3n) is 5.46. The summed E-state index contributed by atoms with van der Waals surface area (Å²) in [5.74, 6) is 0. The summed E-state index contributed by atoms with van der Waals surface area (Å²) >= 11 is 0. The number of rotatable bonds is 7. The summed E-state index contributed by atoms with van der Waals surface area (Å²) in [5, 5.41) is 0. The van der Waals surface area contributed by atoms with Crippen LogP contribution in [0.15, 0.2) is 0 Å². The molecule has 1 heterocycles. The lowest BCUT2D eigenvalue weighted by Gasteiger charge is -2.41. The number of likely N-dealkylation sites (tertiary alicyclic amines) is 1. The molecule has 2 atom stereocenters. The van der Waals surface area contributed by atoms with E-state index in [1.807, 2.05) is 0 Å². The molecule has 0 aromatic rings. The minimum absolute atomic E-state index is 0.290. The van der Waals surface area contributed by atoms with Gasteiger partial charge in [-0.25, -0.2) is 0 Å². The van der Waals surface area contributed by atoms with Crippen LogP contribution >= 0.6 is 0 Å². The highest BCUT2D eigenvalue weighted by Gasteiger charge is 2.51. The normalized spacial score (nSPS) is 36.3. The van der Waals surface area contributed by atoms with Gasteiger partial charge in [-0.1, -0.05) is 13.3 Å². The van der Waals surface area contributed by atoms with E-state index in [-0.39, 0.29) is 0 Å². The Morgan fingerprint density at radius 1 is 1.26 bits per heavy atom. The quantitative estimate of drug-likeness (QED) is 0.766. The third kappa shape index (κ3) is 2.70. The Bertz CT molecular complexity index is 311. The molecule has 0 radical (unpaired) electrons. The molecule has 3 nitrogen and oxygen atoms in total. The molecule has 110 valence electrons. The first-order valence-electron chi connectivity index (χ1n) is 8.43. The van der Waals surface area contributed by atoms with Crippen molar-refractivity contribution < 1.29 is 0 Å². The maximum atomic E-state index is 6.28. The summed E-state index contributed by atoms with van der Waals surface area (Å²) in [5.41, 5.74) is 6.57. The minimum atomic E-state index is 0.290. The van der Waals surface area contributed by atoms with Crippen molar-refractivity contribution in [2.24, 2.45) is 5.73 Å². The van der Waals surface area contributed by atoms with Crippen LogP contribution < -0.4 is 5.73 Å². The van der Waals surface area contributed by atoms with Gasteiger partial charge in [0.1, 0.15) is 0 Å². The largest absolute Gasteiger partial charge is 0.329 e. The van der Waals surface area contributed by atoms with Crippen LogP contribution in [0.3, 0.4) is 0 Å². The highest BCUT2D eigenvalue weighted by molar-refractivity contribution is 5.09. The predicted molar refractivity (Wildman–Crippen MR) is 80.2 cm³/mol. The van der Waals surface area contributed by atoms with Gasteiger partial charge in [-0.2, -0.15) is 0 Å². The molecule has 19 heavy (non-hydrogen) atoms. The summed E-state index contributed by atoms with van der Waals surface area (Å²) in [7, 11) is 0. The van der Waals surface area contributed by atoms with Gasteiger partial charge < -0.3 is 5.73 Å². The van der Waals surface area contributed by atoms with Crippen molar-refractivity contribution in [1.29, 1.82) is 0 Å². The predicted octanol–water partition coefficient (Wildman–Crippen LogP) is 2.21. The molecule has 3 fully saturated rings. The highest BCUT2D eigenvalue weighted by Crippen LogP contribution is 2.43. The van der Waals surface area contributed by atoms with E-state index in [0.29, 0.717) is 5.54 Å². The van der Waals surface area contributed by atoms with Gasteiger partial charge in [0.15, 0.2) is 0 Å². The van der Waals surface area contributed by atoms with Crippen molar-refractivity contribution in [2.75, 3.05) is 19.6 Å². The summed E-state index contributed by atoms with van der Waals surface area (Å²) in [6, 6.07) is 2.47. The van der Waals surface area contributed by atoms with E-state index in [2.05, 4.69) is 23.6 Å². The average Bonchev–Trinajstić information content (AvgIpc) is 3.29. The molecule has 2 saturated carbocycles. The van der Waals surface area contributed by atoms with Gasteiger partial charge in [0.05, 0.1) is 0 Å². The van der Waals surface area contributed by atoms with Gasteiger partial charge in [-0.15, -0.1) is 0 Å². The molecule has 1 saturated heterocycles. The van der Waals surface area contributed by atoms with Crippen molar-refractivity contribution in [2.45, 2.75) is 82.5 Å². The van der Waals surface area contributed by atoms with Crippen molar-refractivity contribution in [3.8, 4) is 0 Å². The Morgan fingerprint density at radius 3 is 2.53 bits per heavy atom. The fourth-order valence-corrected chi connectivity index (χ4v) is 4.12. The van der Waals surface area contributed by atoms with E-state index in [9.17, 15) is 0 Å². The number of nitrogens with two attached hydrogens (primary N) is 1. The molecule has 3 rings (SSSR count). The lowest BCUT2D eigenvalue weighted by Crippen LogP contribution is -2.57. The lowest BCUT2D eigenvalue weighted by atomic mass is 9.93. The first kappa shape index (κ1) is 13.8. The fraction of sp³-hybridized carbons (Fsp3) is 1.00. The van der Waals surface area contributed by atoms with Gasteiger partial charge in [0, 0.05) is 36.8 Å². The lowest BCUT2D eigenvalue weighted by molar-refractivity contribution is 0.0869. The molecular formula is C16H31N3. The van der Waals surface area contributed by atoms with Crippen LogP contribution in [0.2, 0.25) is 0 Å². The molecule has 0 bridgehead atoms. The summed E-state index contributed by atoms with van der Waals surface area (Å²) in [6.45, 7) is 8.06. The zero-order valence-corrected chi connectivity index (χ0v) is 12.8. The fourth-order valence-electron chi connectivity index (χ4n) is 4.12. The smallest absolute Gasteiger partial charge is 0.0476 e. The van der Waals surface area contributed by atoms with Crippen LogP contribution in [-0.4, -0.2) is 53.1 Å². The Kier molecular flexibility index (Phi) is 3.89. The van der Waals surface area contributed by atoms with E-state index < -0.39 is 0 Å². The van der Waals surface area contributed by atoms with Gasteiger partial charge in [0.25, 0.3) is 0 Å².